The minimum absolute atomic E-state index is 0.481. The molecule has 5 heteroatoms. The molecule has 0 bridgehead atoms. The van der Waals surface area contributed by atoms with Gasteiger partial charge >= 0.3 is 0 Å². The predicted octanol–water partition coefficient (Wildman–Crippen LogP) is -0.554. The zero-order valence-corrected chi connectivity index (χ0v) is 5.52. The Morgan fingerprint density at radius 2 is 1.78 bits per heavy atom. The lowest BCUT2D eigenvalue weighted by molar-refractivity contribution is -0.113. The molecule has 0 aliphatic heterocycles. The van der Waals surface area contributed by atoms with E-state index in [1.165, 1.54) is 0 Å². The van der Waals surface area contributed by atoms with E-state index in [0.717, 1.165) is 6.08 Å². The fourth-order valence-corrected chi connectivity index (χ4v) is 0. The smallest absolute Gasteiger partial charge is 0.251 e. The molecule has 0 unspecified atom stereocenters. The topological polar surface area (TPSA) is 89.3 Å². The molecule has 0 saturated carbocycles. The van der Waals surface area contributed by atoms with Crippen LogP contribution in [0.25, 0.3) is 0 Å². The number of carbonyl (C=O) groups is 1. The molecule has 0 aromatic carbocycles. The van der Waals surface area contributed by atoms with Gasteiger partial charge in [-0.1, -0.05) is 6.58 Å². The highest BCUT2D eigenvalue weighted by atomic mass is 32.1. The number of thiocarbonyl (C=S) groups is 1. The van der Waals surface area contributed by atoms with E-state index in [4.69, 9.17) is 5.11 Å². The molecule has 0 aliphatic carbocycles. The molecule has 0 heterocycles. The van der Waals surface area contributed by atoms with Crippen LogP contribution in [-0.2, 0) is 4.79 Å². The molecular formula is C4H8N2O2S. The number of hydrogen-bond donors (Lipinski definition) is 3. The van der Waals surface area contributed by atoms with Gasteiger partial charge in [0.25, 0.3) is 5.17 Å². The summed E-state index contributed by atoms with van der Waals surface area (Å²) in [5.41, 5.74) is 8.93. The second-order valence-electron chi connectivity index (χ2n) is 0.945. The summed E-state index contributed by atoms with van der Waals surface area (Å²) in [6, 6.07) is 0. The molecule has 0 aliphatic rings. The summed E-state index contributed by atoms with van der Waals surface area (Å²) in [6.45, 7) is 3.09. The van der Waals surface area contributed by atoms with Crippen LogP contribution < -0.4 is 11.5 Å². The number of nitrogens with two attached hydrogens (primary N) is 2. The summed E-state index contributed by atoms with van der Waals surface area (Å²) < 4.78 is 0. The average molecular weight is 148 g/mol. The minimum atomic E-state index is -0.500. The molecule has 0 radical (unpaired) electrons. The van der Waals surface area contributed by atoms with Crippen molar-refractivity contribution in [3.8, 4) is 0 Å². The van der Waals surface area contributed by atoms with Gasteiger partial charge in [0.15, 0.2) is 0 Å². The van der Waals surface area contributed by atoms with Gasteiger partial charge < -0.3 is 16.6 Å². The highest BCUT2D eigenvalue weighted by Crippen LogP contribution is 1.48. The maximum atomic E-state index is 9.47. The quantitative estimate of drug-likeness (QED) is 0.343. The van der Waals surface area contributed by atoms with Crippen LogP contribution in [0, 0.1) is 0 Å². The summed E-state index contributed by atoms with van der Waals surface area (Å²) in [4.78, 5) is 9.47. The normalized spacial score (nSPS) is 6.22. The zero-order valence-electron chi connectivity index (χ0n) is 4.70. The Labute approximate surface area is 58.1 Å². The first-order valence-electron chi connectivity index (χ1n) is 1.91. The number of aliphatic hydroxyl groups excluding tert-OH is 1. The first-order valence-corrected chi connectivity index (χ1v) is 2.31. The Morgan fingerprint density at radius 1 is 1.67 bits per heavy atom. The standard InChI is InChI=1S/C3H5NO.CH3NOS/c1-2-3(4)5;2-1(3)4/h2H,1H2,(H2,4,5);(H3,2,3,4). The molecule has 0 aromatic heterocycles. The molecule has 5 N–H and O–H groups in total. The number of carbonyl (C=O) groups excluding carboxylic acids is 1. The van der Waals surface area contributed by atoms with E-state index in [9.17, 15) is 4.79 Å². The monoisotopic (exact) mass is 148 g/mol. The average Bonchev–Trinajstić information content (AvgIpc) is 1.65. The Kier molecular flexibility index (Phi) is 8.28. The molecule has 0 aromatic rings. The van der Waals surface area contributed by atoms with Crippen LogP contribution in [0.4, 0.5) is 0 Å². The van der Waals surface area contributed by atoms with Crippen molar-refractivity contribution in [3.63, 3.8) is 0 Å². The maximum absolute atomic E-state index is 9.47. The van der Waals surface area contributed by atoms with Gasteiger partial charge in [-0.25, -0.2) is 0 Å². The molecule has 1 amide bonds. The fourth-order valence-electron chi connectivity index (χ4n) is 0. The SMILES string of the molecule is C=CC(N)=O.NC(O)=S. The van der Waals surface area contributed by atoms with Gasteiger partial charge in [-0.2, -0.15) is 0 Å². The Balaban J connectivity index is 0. The van der Waals surface area contributed by atoms with Gasteiger partial charge in [0.05, 0.1) is 0 Å². The maximum Gasteiger partial charge on any atom is 0.251 e. The third kappa shape index (κ3) is 205. The Bertz CT molecular complexity index is 120. The summed E-state index contributed by atoms with van der Waals surface area (Å²) in [7, 11) is 0. The van der Waals surface area contributed by atoms with Crippen LogP contribution in [0.2, 0.25) is 0 Å². The molecular weight excluding hydrogens is 140 g/mol. The molecule has 0 fully saturated rings. The Hall–Kier alpha value is -1.10. The minimum Gasteiger partial charge on any atom is -0.487 e. The van der Waals surface area contributed by atoms with Crippen molar-refractivity contribution >= 4 is 23.3 Å². The summed E-state index contributed by atoms with van der Waals surface area (Å²) in [6.07, 6.45) is 1.06. The van der Waals surface area contributed by atoms with Gasteiger partial charge in [0.2, 0.25) is 5.91 Å². The van der Waals surface area contributed by atoms with Crippen molar-refractivity contribution in [3.05, 3.63) is 12.7 Å². The van der Waals surface area contributed by atoms with Crippen molar-refractivity contribution in [1.29, 1.82) is 0 Å². The van der Waals surface area contributed by atoms with Crippen molar-refractivity contribution < 1.29 is 9.90 Å². The number of rotatable bonds is 1. The van der Waals surface area contributed by atoms with E-state index in [1.807, 2.05) is 0 Å². The summed E-state index contributed by atoms with van der Waals surface area (Å²) in [5.74, 6) is -0.481. The van der Waals surface area contributed by atoms with E-state index < -0.39 is 11.1 Å². The lowest BCUT2D eigenvalue weighted by Crippen LogP contribution is -2.04. The molecule has 4 nitrogen and oxygen atoms in total. The van der Waals surface area contributed by atoms with E-state index in [-0.39, 0.29) is 0 Å². The highest BCUT2D eigenvalue weighted by molar-refractivity contribution is 7.79. The first kappa shape index (κ1) is 10.8. The highest BCUT2D eigenvalue weighted by Gasteiger charge is 1.69. The van der Waals surface area contributed by atoms with Crippen LogP contribution in [0.3, 0.4) is 0 Å². The van der Waals surface area contributed by atoms with Crippen molar-refractivity contribution in [2.45, 2.75) is 0 Å². The second-order valence-corrected chi connectivity index (χ2v) is 1.36. The zero-order chi connectivity index (χ0) is 7.86. The molecule has 0 rings (SSSR count). The summed E-state index contributed by atoms with van der Waals surface area (Å²) in [5, 5.41) is 7.06. The lowest BCUT2D eigenvalue weighted by atomic mass is 10.6. The molecule has 0 atom stereocenters. The van der Waals surface area contributed by atoms with Crippen LogP contribution in [0.1, 0.15) is 0 Å². The third-order valence-electron chi connectivity index (χ3n) is 0.201. The van der Waals surface area contributed by atoms with Crippen LogP contribution in [-0.4, -0.2) is 16.2 Å². The van der Waals surface area contributed by atoms with E-state index in [2.05, 4.69) is 30.3 Å². The van der Waals surface area contributed by atoms with E-state index in [1.54, 1.807) is 0 Å². The number of hydrogen-bond acceptors (Lipinski definition) is 2. The van der Waals surface area contributed by atoms with E-state index >= 15 is 0 Å². The fraction of sp³-hybridized carbons (Fsp3) is 0. The molecule has 9 heavy (non-hydrogen) atoms. The van der Waals surface area contributed by atoms with Crippen molar-refractivity contribution in [2.24, 2.45) is 11.5 Å². The van der Waals surface area contributed by atoms with Crippen molar-refractivity contribution in [1.82, 2.24) is 0 Å². The van der Waals surface area contributed by atoms with E-state index in [0.29, 0.717) is 0 Å². The third-order valence-corrected chi connectivity index (χ3v) is 0.201. The van der Waals surface area contributed by atoms with Gasteiger partial charge in [0.1, 0.15) is 0 Å². The first-order chi connectivity index (χ1) is 4.00. The van der Waals surface area contributed by atoms with Crippen molar-refractivity contribution in [2.75, 3.05) is 0 Å². The largest absolute Gasteiger partial charge is 0.487 e. The molecule has 52 valence electrons. The van der Waals surface area contributed by atoms with Gasteiger partial charge in [0, 0.05) is 0 Å². The summed E-state index contributed by atoms with van der Waals surface area (Å²) >= 11 is 3.87. The Morgan fingerprint density at radius 3 is 1.78 bits per heavy atom. The van der Waals surface area contributed by atoms with Crippen LogP contribution in [0.5, 0.6) is 0 Å². The van der Waals surface area contributed by atoms with Gasteiger partial charge in [-0.15, -0.1) is 0 Å². The second kappa shape index (κ2) is 6.90. The molecule has 0 saturated heterocycles. The number of aliphatic hydroxyl groups is 1. The van der Waals surface area contributed by atoms with Crippen LogP contribution in [0.15, 0.2) is 12.7 Å². The van der Waals surface area contributed by atoms with Gasteiger partial charge in [-0.05, 0) is 18.3 Å². The lowest BCUT2D eigenvalue weighted by Gasteiger charge is -1.67. The van der Waals surface area contributed by atoms with Crippen LogP contribution >= 0.6 is 12.2 Å². The van der Waals surface area contributed by atoms with Gasteiger partial charge in [-0.3, -0.25) is 4.79 Å². The number of amides is 1. The molecule has 0 spiro atoms. The number of primary amides is 1. The predicted molar refractivity (Wildman–Crippen MR) is 38.8 cm³/mol.